The van der Waals surface area contributed by atoms with Gasteiger partial charge in [-0.3, -0.25) is 4.79 Å². The molecule has 0 atom stereocenters. The zero-order chi connectivity index (χ0) is 12.1. The summed E-state index contributed by atoms with van der Waals surface area (Å²) in [6.45, 7) is 4.69. The number of nitrogens with zero attached hydrogens (tertiary/aromatic N) is 2. The van der Waals surface area contributed by atoms with E-state index in [1.54, 1.807) is 19.3 Å². The first kappa shape index (κ1) is 12.1. The van der Waals surface area contributed by atoms with E-state index in [4.69, 9.17) is 6.42 Å². The zero-order valence-corrected chi connectivity index (χ0v) is 9.74. The van der Waals surface area contributed by atoms with Gasteiger partial charge < -0.3 is 9.88 Å². The van der Waals surface area contributed by atoms with Gasteiger partial charge in [0.25, 0.3) is 5.56 Å². The summed E-state index contributed by atoms with van der Waals surface area (Å²) in [5, 5.41) is 0. The second-order valence-electron chi connectivity index (χ2n) is 3.48. The highest BCUT2D eigenvalue weighted by Gasteiger charge is 2.02. The van der Waals surface area contributed by atoms with Gasteiger partial charge in [-0.05, 0) is 19.9 Å². The van der Waals surface area contributed by atoms with E-state index in [0.717, 1.165) is 6.54 Å². The lowest BCUT2D eigenvalue weighted by atomic mass is 10.2. The smallest absolute Gasteiger partial charge is 0.264 e. The molecule has 84 valence electrons. The average molecular weight is 217 g/mol. The summed E-state index contributed by atoms with van der Waals surface area (Å²) in [4.78, 5) is 20.2. The number of pyridine rings is 1. The van der Waals surface area contributed by atoms with Crippen LogP contribution in [0, 0.1) is 19.3 Å². The van der Waals surface area contributed by atoms with Crippen LogP contribution in [0.3, 0.4) is 0 Å². The van der Waals surface area contributed by atoms with Crippen LogP contribution in [0.5, 0.6) is 0 Å². The minimum atomic E-state index is -0.247. The number of hydrogen-bond acceptors (Lipinski definition) is 2. The second kappa shape index (κ2) is 5.17. The molecule has 1 N–H and O–H groups in total. The Hall–Kier alpha value is -2.02. The van der Waals surface area contributed by atoms with Crippen molar-refractivity contribution in [1.82, 2.24) is 9.88 Å². The maximum absolute atomic E-state index is 11.4. The monoisotopic (exact) mass is 217 g/mol. The normalized spacial score (nSPS) is 10.4. The van der Waals surface area contributed by atoms with E-state index in [0.29, 0.717) is 16.9 Å². The number of aliphatic imine (C=N–C) groups is 1. The van der Waals surface area contributed by atoms with Gasteiger partial charge in [0, 0.05) is 19.3 Å². The summed E-state index contributed by atoms with van der Waals surface area (Å²) in [6.07, 6.45) is 6.93. The van der Waals surface area contributed by atoms with Crippen LogP contribution in [-0.2, 0) is 0 Å². The fourth-order valence-corrected chi connectivity index (χ4v) is 1.10. The molecule has 0 aromatic carbocycles. The van der Waals surface area contributed by atoms with E-state index >= 15 is 0 Å². The van der Waals surface area contributed by atoms with Gasteiger partial charge in [0.2, 0.25) is 0 Å². The number of aromatic amines is 1. The largest absolute Gasteiger partial charge is 0.366 e. The van der Waals surface area contributed by atoms with Gasteiger partial charge in [0.05, 0.1) is 17.6 Å². The van der Waals surface area contributed by atoms with E-state index < -0.39 is 0 Å². The van der Waals surface area contributed by atoms with Gasteiger partial charge in [0.1, 0.15) is 0 Å². The molecule has 0 saturated carbocycles. The highest BCUT2D eigenvalue weighted by Crippen LogP contribution is 2.14. The zero-order valence-electron chi connectivity index (χ0n) is 9.74. The van der Waals surface area contributed by atoms with E-state index in [1.165, 1.54) is 0 Å². The van der Waals surface area contributed by atoms with Crippen LogP contribution in [0.1, 0.15) is 18.2 Å². The van der Waals surface area contributed by atoms with Gasteiger partial charge in [0.15, 0.2) is 0 Å². The summed E-state index contributed by atoms with van der Waals surface area (Å²) >= 11 is 0. The Labute approximate surface area is 95.0 Å². The molecule has 0 fully saturated rings. The minimum absolute atomic E-state index is 0.247. The fourth-order valence-electron chi connectivity index (χ4n) is 1.10. The first-order valence-electron chi connectivity index (χ1n) is 5.03. The molecule has 1 heterocycles. The molecular formula is C12H15N3O. The van der Waals surface area contributed by atoms with Crippen molar-refractivity contribution in [2.75, 3.05) is 13.6 Å². The Kier molecular flexibility index (Phi) is 3.90. The van der Waals surface area contributed by atoms with Gasteiger partial charge in [-0.25, -0.2) is 4.99 Å². The van der Waals surface area contributed by atoms with Crippen molar-refractivity contribution >= 4 is 12.0 Å². The Morgan fingerprint density at radius 1 is 1.69 bits per heavy atom. The van der Waals surface area contributed by atoms with Crippen molar-refractivity contribution < 1.29 is 0 Å². The second-order valence-corrected chi connectivity index (χ2v) is 3.48. The molecular weight excluding hydrogens is 202 g/mol. The molecule has 0 aliphatic heterocycles. The molecule has 4 nitrogen and oxygen atoms in total. The fraction of sp³-hybridized carbons (Fsp3) is 0.333. The van der Waals surface area contributed by atoms with E-state index in [-0.39, 0.29) is 5.56 Å². The van der Waals surface area contributed by atoms with Crippen LogP contribution in [0.25, 0.3) is 0 Å². The van der Waals surface area contributed by atoms with Crippen LogP contribution < -0.4 is 5.56 Å². The average Bonchev–Trinajstić information content (AvgIpc) is 2.27. The van der Waals surface area contributed by atoms with E-state index in [1.807, 2.05) is 18.9 Å². The molecule has 0 unspecified atom stereocenters. The van der Waals surface area contributed by atoms with Gasteiger partial charge in [-0.15, -0.1) is 6.42 Å². The minimum Gasteiger partial charge on any atom is -0.366 e. The number of terminal acetylenes is 1. The maximum atomic E-state index is 11.4. The summed E-state index contributed by atoms with van der Waals surface area (Å²) in [5.74, 6) is 2.33. The maximum Gasteiger partial charge on any atom is 0.264 e. The van der Waals surface area contributed by atoms with Crippen molar-refractivity contribution in [2.45, 2.75) is 13.8 Å². The molecule has 0 bridgehead atoms. The molecule has 1 aromatic heterocycles. The third kappa shape index (κ3) is 2.74. The quantitative estimate of drug-likeness (QED) is 0.471. The number of aromatic nitrogens is 1. The third-order valence-electron chi connectivity index (χ3n) is 2.26. The Morgan fingerprint density at radius 2 is 2.38 bits per heavy atom. The summed E-state index contributed by atoms with van der Waals surface area (Å²) in [5.41, 5.74) is 1.46. The lowest BCUT2D eigenvalue weighted by molar-refractivity contribution is 0.552. The van der Waals surface area contributed by atoms with Crippen molar-refractivity contribution in [2.24, 2.45) is 4.99 Å². The Bertz CT molecular complexity index is 494. The number of aryl methyl sites for hydroxylation is 1. The highest BCUT2D eigenvalue weighted by molar-refractivity contribution is 5.62. The van der Waals surface area contributed by atoms with Crippen molar-refractivity contribution in [3.8, 4) is 12.3 Å². The van der Waals surface area contributed by atoms with Crippen molar-refractivity contribution in [3.63, 3.8) is 0 Å². The molecule has 1 aromatic rings. The predicted octanol–water partition coefficient (Wildman–Crippen LogP) is 1.28. The molecule has 0 aliphatic rings. The molecule has 0 saturated heterocycles. The van der Waals surface area contributed by atoms with Crippen LogP contribution in [0.4, 0.5) is 5.69 Å². The van der Waals surface area contributed by atoms with Crippen LogP contribution in [0.2, 0.25) is 0 Å². The van der Waals surface area contributed by atoms with Crippen LogP contribution in [-0.4, -0.2) is 29.8 Å². The van der Waals surface area contributed by atoms with Gasteiger partial charge >= 0.3 is 0 Å². The summed E-state index contributed by atoms with van der Waals surface area (Å²) in [7, 11) is 1.92. The molecule has 4 heteroatoms. The van der Waals surface area contributed by atoms with Crippen LogP contribution >= 0.6 is 0 Å². The predicted molar refractivity (Wildman–Crippen MR) is 66.2 cm³/mol. The Balaban J connectivity index is 3.11. The van der Waals surface area contributed by atoms with E-state index in [9.17, 15) is 4.79 Å². The lowest BCUT2D eigenvalue weighted by Crippen LogP contribution is -2.15. The molecule has 0 aliphatic carbocycles. The molecule has 1 rings (SSSR count). The summed E-state index contributed by atoms with van der Waals surface area (Å²) in [6, 6.07) is 1.62. The highest BCUT2D eigenvalue weighted by atomic mass is 16.1. The standard InChI is InChI=1S/C12H15N3O/c1-5-10-7-11(9(3)14-12(10)16)13-8-15(4)6-2/h1,7-8H,6H2,2-4H3,(H,14,16). The molecule has 0 spiro atoms. The summed E-state index contributed by atoms with van der Waals surface area (Å²) < 4.78 is 0. The Morgan fingerprint density at radius 3 is 2.94 bits per heavy atom. The first-order valence-corrected chi connectivity index (χ1v) is 5.03. The first-order chi connectivity index (χ1) is 7.58. The third-order valence-corrected chi connectivity index (χ3v) is 2.26. The number of H-pyrrole nitrogens is 1. The van der Waals surface area contributed by atoms with Gasteiger partial charge in [-0.2, -0.15) is 0 Å². The molecule has 0 radical (unpaired) electrons. The number of rotatable bonds is 3. The van der Waals surface area contributed by atoms with Crippen LogP contribution in [0.15, 0.2) is 15.9 Å². The van der Waals surface area contributed by atoms with Crippen molar-refractivity contribution in [1.29, 1.82) is 0 Å². The SMILES string of the molecule is C#Cc1cc(N=CN(C)CC)c(C)[nH]c1=O. The molecule has 0 amide bonds. The van der Waals surface area contributed by atoms with E-state index in [2.05, 4.69) is 15.9 Å². The number of hydrogen-bond donors (Lipinski definition) is 1. The van der Waals surface area contributed by atoms with Gasteiger partial charge in [-0.1, -0.05) is 5.92 Å². The van der Waals surface area contributed by atoms with Crippen molar-refractivity contribution in [3.05, 3.63) is 27.7 Å². The molecule has 16 heavy (non-hydrogen) atoms. The topological polar surface area (TPSA) is 48.5 Å². The lowest BCUT2D eigenvalue weighted by Gasteiger charge is -2.08. The number of nitrogens with one attached hydrogen (secondary N) is 1.